The van der Waals surface area contributed by atoms with Gasteiger partial charge in [0.05, 0.1) is 13.2 Å². The number of hydrogen-bond donors (Lipinski definition) is 2. The molecule has 1 aliphatic rings. The summed E-state index contributed by atoms with van der Waals surface area (Å²) in [7, 11) is 0. The second-order valence-corrected chi connectivity index (χ2v) is 6.72. The van der Waals surface area contributed by atoms with Gasteiger partial charge in [-0.3, -0.25) is 9.89 Å². The maximum absolute atomic E-state index is 5.39. The minimum absolute atomic E-state index is 0. The zero-order chi connectivity index (χ0) is 17.5. The van der Waals surface area contributed by atoms with Gasteiger partial charge in [-0.25, -0.2) is 0 Å². The van der Waals surface area contributed by atoms with E-state index < -0.39 is 0 Å². The van der Waals surface area contributed by atoms with Crippen molar-refractivity contribution in [2.75, 3.05) is 52.5 Å². The van der Waals surface area contributed by atoms with Crippen molar-refractivity contribution in [3.8, 4) is 0 Å². The third-order valence-corrected chi connectivity index (χ3v) is 4.69. The Bertz CT molecular complexity index is 323. The fourth-order valence-corrected chi connectivity index (χ4v) is 2.97. The molecule has 25 heavy (non-hydrogen) atoms. The van der Waals surface area contributed by atoms with E-state index >= 15 is 0 Å². The normalized spacial score (nSPS) is 17.0. The van der Waals surface area contributed by atoms with Crippen molar-refractivity contribution in [1.29, 1.82) is 0 Å². The molecule has 1 heterocycles. The Balaban J connectivity index is 0.00000576. The topological polar surface area (TPSA) is 48.9 Å². The fraction of sp³-hybridized carbons (Fsp3) is 0.947. The molecule has 1 unspecified atom stereocenters. The van der Waals surface area contributed by atoms with Gasteiger partial charge >= 0.3 is 0 Å². The highest BCUT2D eigenvalue weighted by molar-refractivity contribution is 14.0. The zero-order valence-electron chi connectivity index (χ0n) is 16.7. The van der Waals surface area contributed by atoms with Gasteiger partial charge in [-0.05, 0) is 38.6 Å². The van der Waals surface area contributed by atoms with E-state index in [1.165, 1.54) is 45.1 Å². The number of unbranched alkanes of at least 4 members (excludes halogenated alkanes) is 2. The molecule has 1 fully saturated rings. The summed E-state index contributed by atoms with van der Waals surface area (Å²) >= 11 is 0. The smallest absolute Gasteiger partial charge is 0.191 e. The molecule has 0 saturated carbocycles. The predicted molar refractivity (Wildman–Crippen MR) is 119 cm³/mol. The summed E-state index contributed by atoms with van der Waals surface area (Å²) in [5.74, 6) is 1.71. The Labute approximate surface area is 172 Å². The molecule has 5 nitrogen and oxygen atoms in total. The van der Waals surface area contributed by atoms with Crippen LogP contribution in [0.4, 0.5) is 0 Å². The Morgan fingerprint density at radius 1 is 1.08 bits per heavy atom. The molecule has 1 saturated heterocycles. The minimum Gasteiger partial charge on any atom is -0.379 e. The van der Waals surface area contributed by atoms with Crippen molar-refractivity contribution >= 4 is 29.9 Å². The number of morpholine rings is 1. The number of ether oxygens (including phenoxy) is 1. The van der Waals surface area contributed by atoms with Crippen LogP contribution in [0.5, 0.6) is 0 Å². The number of halogens is 1. The van der Waals surface area contributed by atoms with Crippen LogP contribution < -0.4 is 10.6 Å². The standard InChI is InChI=1S/C19H40N4O.HI/c1-4-7-10-18(5-2)17-22-19(20-6-3)21-11-8-9-12-23-13-15-24-16-14-23;/h18H,4-17H2,1-3H3,(H2,20,21,22);1H. The largest absolute Gasteiger partial charge is 0.379 e. The number of rotatable bonds is 12. The number of nitrogens with zero attached hydrogens (tertiary/aromatic N) is 2. The van der Waals surface area contributed by atoms with Crippen LogP contribution in [0.2, 0.25) is 0 Å². The summed E-state index contributed by atoms with van der Waals surface area (Å²) in [5, 5.41) is 6.86. The molecule has 0 spiro atoms. The van der Waals surface area contributed by atoms with Crippen molar-refractivity contribution in [1.82, 2.24) is 15.5 Å². The van der Waals surface area contributed by atoms with Crippen LogP contribution in [0.25, 0.3) is 0 Å². The number of aliphatic imine (C=N–C) groups is 1. The molecule has 2 N–H and O–H groups in total. The molecular weight excluding hydrogens is 427 g/mol. The van der Waals surface area contributed by atoms with Crippen LogP contribution in [-0.2, 0) is 4.74 Å². The third kappa shape index (κ3) is 12.8. The second kappa shape index (κ2) is 17.3. The summed E-state index contributed by atoms with van der Waals surface area (Å²) in [4.78, 5) is 7.29. The molecule has 150 valence electrons. The van der Waals surface area contributed by atoms with E-state index in [1.54, 1.807) is 0 Å². The van der Waals surface area contributed by atoms with Crippen molar-refractivity contribution in [3.63, 3.8) is 0 Å². The molecular formula is C19H41IN4O. The SMILES string of the molecule is CCCCC(CC)CN=C(NCC)NCCCCN1CCOCC1.I. The maximum atomic E-state index is 5.39. The van der Waals surface area contributed by atoms with Gasteiger partial charge in [0.2, 0.25) is 0 Å². The molecule has 1 atom stereocenters. The summed E-state index contributed by atoms with van der Waals surface area (Å²) in [6.45, 7) is 14.7. The van der Waals surface area contributed by atoms with E-state index in [4.69, 9.17) is 9.73 Å². The molecule has 0 aromatic carbocycles. The first kappa shape index (κ1) is 24.9. The molecule has 0 aromatic heterocycles. The minimum atomic E-state index is 0. The molecule has 1 rings (SSSR count). The van der Waals surface area contributed by atoms with Gasteiger partial charge in [-0.15, -0.1) is 24.0 Å². The fourth-order valence-electron chi connectivity index (χ4n) is 2.97. The lowest BCUT2D eigenvalue weighted by Gasteiger charge is -2.26. The Kier molecular flexibility index (Phi) is 17.3. The highest BCUT2D eigenvalue weighted by atomic mass is 127. The molecule has 0 radical (unpaired) electrons. The van der Waals surface area contributed by atoms with E-state index in [0.29, 0.717) is 0 Å². The molecule has 6 heteroatoms. The van der Waals surface area contributed by atoms with Crippen LogP contribution in [0.15, 0.2) is 4.99 Å². The van der Waals surface area contributed by atoms with Crippen molar-refractivity contribution in [2.45, 2.75) is 59.3 Å². The predicted octanol–water partition coefficient (Wildman–Crippen LogP) is 3.49. The van der Waals surface area contributed by atoms with Gasteiger partial charge in [0, 0.05) is 32.7 Å². The summed E-state index contributed by atoms with van der Waals surface area (Å²) in [6.07, 6.45) is 7.55. The lowest BCUT2D eigenvalue weighted by atomic mass is 10.00. The van der Waals surface area contributed by atoms with Gasteiger partial charge in [-0.1, -0.05) is 33.1 Å². The van der Waals surface area contributed by atoms with E-state index in [2.05, 4.69) is 36.3 Å². The van der Waals surface area contributed by atoms with Gasteiger partial charge in [0.15, 0.2) is 5.96 Å². The van der Waals surface area contributed by atoms with E-state index in [9.17, 15) is 0 Å². The summed E-state index contributed by atoms with van der Waals surface area (Å²) < 4.78 is 5.39. The molecule has 0 amide bonds. The quantitative estimate of drug-likeness (QED) is 0.199. The summed E-state index contributed by atoms with van der Waals surface area (Å²) in [6, 6.07) is 0. The molecule has 0 aromatic rings. The third-order valence-electron chi connectivity index (χ3n) is 4.69. The first-order valence-corrected chi connectivity index (χ1v) is 10.1. The zero-order valence-corrected chi connectivity index (χ0v) is 19.0. The van der Waals surface area contributed by atoms with Crippen LogP contribution >= 0.6 is 24.0 Å². The highest BCUT2D eigenvalue weighted by Crippen LogP contribution is 2.12. The molecule has 0 bridgehead atoms. The number of nitrogens with one attached hydrogen (secondary N) is 2. The van der Waals surface area contributed by atoms with Crippen LogP contribution in [-0.4, -0.2) is 63.3 Å². The van der Waals surface area contributed by atoms with Gasteiger partial charge in [0.25, 0.3) is 0 Å². The molecule has 0 aliphatic carbocycles. The van der Waals surface area contributed by atoms with Crippen molar-refractivity contribution in [2.24, 2.45) is 10.9 Å². The van der Waals surface area contributed by atoms with Crippen molar-refractivity contribution in [3.05, 3.63) is 0 Å². The first-order chi connectivity index (χ1) is 11.8. The lowest BCUT2D eigenvalue weighted by molar-refractivity contribution is 0.0372. The average molecular weight is 468 g/mol. The Hall–Kier alpha value is -0.0800. The first-order valence-electron chi connectivity index (χ1n) is 10.1. The monoisotopic (exact) mass is 468 g/mol. The number of hydrogen-bond acceptors (Lipinski definition) is 3. The van der Waals surface area contributed by atoms with E-state index in [-0.39, 0.29) is 24.0 Å². The summed E-state index contributed by atoms with van der Waals surface area (Å²) in [5.41, 5.74) is 0. The van der Waals surface area contributed by atoms with Gasteiger partial charge in [-0.2, -0.15) is 0 Å². The maximum Gasteiger partial charge on any atom is 0.191 e. The molecule has 1 aliphatic heterocycles. The van der Waals surface area contributed by atoms with E-state index in [1.807, 2.05) is 0 Å². The lowest BCUT2D eigenvalue weighted by Crippen LogP contribution is -2.39. The van der Waals surface area contributed by atoms with E-state index in [0.717, 1.165) is 57.8 Å². The second-order valence-electron chi connectivity index (χ2n) is 6.72. The van der Waals surface area contributed by atoms with Crippen molar-refractivity contribution < 1.29 is 4.74 Å². The highest BCUT2D eigenvalue weighted by Gasteiger charge is 2.09. The Morgan fingerprint density at radius 3 is 2.48 bits per heavy atom. The van der Waals surface area contributed by atoms with Crippen LogP contribution in [0.1, 0.15) is 59.3 Å². The van der Waals surface area contributed by atoms with Gasteiger partial charge in [0.1, 0.15) is 0 Å². The number of guanidine groups is 1. The van der Waals surface area contributed by atoms with Crippen LogP contribution in [0, 0.1) is 5.92 Å². The average Bonchev–Trinajstić information content (AvgIpc) is 2.62. The van der Waals surface area contributed by atoms with Crippen LogP contribution in [0.3, 0.4) is 0 Å². The van der Waals surface area contributed by atoms with Gasteiger partial charge < -0.3 is 15.4 Å². The Morgan fingerprint density at radius 2 is 1.84 bits per heavy atom.